The van der Waals surface area contributed by atoms with Gasteiger partial charge in [-0.2, -0.15) is 0 Å². The average Bonchev–Trinajstić information content (AvgIpc) is 2.47. The topological polar surface area (TPSA) is 80.6 Å². The smallest absolute Gasteiger partial charge is 0.254 e. The van der Waals surface area contributed by atoms with Crippen molar-refractivity contribution in [1.82, 2.24) is 9.88 Å². The second-order valence-electron chi connectivity index (χ2n) is 5.57. The number of rotatable bonds is 5. The summed E-state index contributed by atoms with van der Waals surface area (Å²) in [5.74, 6) is 0.456. The van der Waals surface area contributed by atoms with Crippen LogP contribution >= 0.6 is 15.9 Å². The van der Waals surface area contributed by atoms with Gasteiger partial charge in [-0.1, -0.05) is 0 Å². The Morgan fingerprint density at radius 3 is 2.77 bits per heavy atom. The Balaban J connectivity index is 1.86. The second-order valence-corrected chi connectivity index (χ2v) is 6.42. The molecule has 1 aromatic rings. The van der Waals surface area contributed by atoms with Crippen molar-refractivity contribution in [3.63, 3.8) is 0 Å². The molecule has 1 aliphatic carbocycles. The van der Waals surface area contributed by atoms with Crippen molar-refractivity contribution in [3.05, 3.63) is 27.1 Å². The minimum atomic E-state index is -0.124. The molecule has 1 saturated carbocycles. The van der Waals surface area contributed by atoms with Gasteiger partial charge < -0.3 is 19.7 Å². The van der Waals surface area contributed by atoms with Crippen LogP contribution in [-0.2, 0) is 11.8 Å². The summed E-state index contributed by atoms with van der Waals surface area (Å²) in [4.78, 5) is 23.1. The molecular weight excluding hydrogens is 352 g/mol. The maximum Gasteiger partial charge on any atom is 0.254 e. The highest BCUT2D eigenvalue weighted by Crippen LogP contribution is 2.28. The monoisotopic (exact) mass is 372 g/mol. The van der Waals surface area contributed by atoms with E-state index in [-0.39, 0.29) is 36.6 Å². The highest BCUT2D eigenvalue weighted by molar-refractivity contribution is 9.10. The van der Waals surface area contributed by atoms with Crippen LogP contribution < -0.4 is 15.6 Å². The van der Waals surface area contributed by atoms with Crippen LogP contribution in [-0.4, -0.2) is 34.3 Å². The molecule has 0 spiro atoms. The molecule has 7 heteroatoms. The Bertz CT molecular complexity index is 579. The maximum atomic E-state index is 11.7. The summed E-state index contributed by atoms with van der Waals surface area (Å²) in [6, 6.07) is 1.63. The Morgan fingerprint density at radius 1 is 1.45 bits per heavy atom. The third kappa shape index (κ3) is 4.58. The first-order valence-electron chi connectivity index (χ1n) is 7.42. The van der Waals surface area contributed by atoms with Crippen molar-refractivity contribution in [1.29, 1.82) is 0 Å². The van der Waals surface area contributed by atoms with Gasteiger partial charge >= 0.3 is 0 Å². The molecule has 1 fully saturated rings. The van der Waals surface area contributed by atoms with E-state index in [2.05, 4.69) is 21.2 Å². The lowest BCUT2D eigenvalue weighted by atomic mass is 9.93. The van der Waals surface area contributed by atoms with Crippen LogP contribution in [0.2, 0.25) is 0 Å². The minimum Gasteiger partial charge on any atom is -0.489 e. The molecule has 0 aliphatic heterocycles. The largest absolute Gasteiger partial charge is 0.489 e. The van der Waals surface area contributed by atoms with Crippen molar-refractivity contribution < 1.29 is 14.6 Å². The van der Waals surface area contributed by atoms with Crippen LogP contribution in [0.1, 0.15) is 32.1 Å². The number of ether oxygens (including phenoxy) is 1. The number of aliphatic hydroxyl groups excluding tert-OH is 1. The lowest BCUT2D eigenvalue weighted by Gasteiger charge is -2.29. The van der Waals surface area contributed by atoms with E-state index in [1.165, 1.54) is 10.6 Å². The van der Waals surface area contributed by atoms with Crippen LogP contribution in [0.3, 0.4) is 0 Å². The van der Waals surface area contributed by atoms with E-state index in [1.54, 1.807) is 13.2 Å². The Kier molecular flexibility index (Phi) is 6.02. The Labute approximate surface area is 137 Å². The van der Waals surface area contributed by atoms with Gasteiger partial charge in [0.25, 0.3) is 5.56 Å². The van der Waals surface area contributed by atoms with Crippen molar-refractivity contribution in [2.24, 2.45) is 7.05 Å². The summed E-state index contributed by atoms with van der Waals surface area (Å²) >= 11 is 3.40. The van der Waals surface area contributed by atoms with Crippen LogP contribution in [0.5, 0.6) is 5.75 Å². The zero-order chi connectivity index (χ0) is 16.1. The molecule has 0 radical (unpaired) electrons. The standard InChI is InChI=1S/C15H21BrN2O4/c1-18-9-12(16)13(8-15(18)21)22-11-4-2-10(3-5-11)17-14(20)6-7-19/h8-11,19H,2-7H2,1H3,(H,17,20)/t10-,11-. The molecular formula is C15H21BrN2O4. The van der Waals surface area contributed by atoms with Crippen LogP contribution in [0.4, 0.5) is 0 Å². The van der Waals surface area contributed by atoms with Crippen molar-refractivity contribution >= 4 is 21.8 Å². The van der Waals surface area contributed by atoms with Gasteiger partial charge in [-0.05, 0) is 41.6 Å². The van der Waals surface area contributed by atoms with Crippen LogP contribution in [0, 0.1) is 0 Å². The zero-order valence-corrected chi connectivity index (χ0v) is 14.1. The van der Waals surface area contributed by atoms with Gasteiger partial charge in [0, 0.05) is 31.8 Å². The van der Waals surface area contributed by atoms with Gasteiger partial charge in [0.2, 0.25) is 5.91 Å². The lowest BCUT2D eigenvalue weighted by Crippen LogP contribution is -2.40. The van der Waals surface area contributed by atoms with Crippen LogP contribution in [0.15, 0.2) is 21.5 Å². The molecule has 0 unspecified atom stereocenters. The van der Waals surface area contributed by atoms with Crippen molar-refractivity contribution in [3.8, 4) is 5.75 Å². The normalized spacial score (nSPS) is 21.4. The van der Waals surface area contributed by atoms with Crippen molar-refractivity contribution in [2.45, 2.75) is 44.2 Å². The molecule has 6 nitrogen and oxygen atoms in total. The predicted octanol–water partition coefficient (Wildman–Crippen LogP) is 1.34. The zero-order valence-electron chi connectivity index (χ0n) is 12.5. The number of hydrogen-bond acceptors (Lipinski definition) is 4. The van der Waals surface area contributed by atoms with E-state index < -0.39 is 0 Å². The Morgan fingerprint density at radius 2 is 2.14 bits per heavy atom. The summed E-state index contributed by atoms with van der Waals surface area (Å²) in [5.41, 5.74) is -0.108. The molecule has 1 aliphatic rings. The molecule has 2 N–H and O–H groups in total. The Hall–Kier alpha value is -1.34. The summed E-state index contributed by atoms with van der Waals surface area (Å²) in [6.07, 6.45) is 5.22. The number of nitrogens with zero attached hydrogens (tertiary/aromatic N) is 1. The number of amides is 1. The number of aliphatic hydroxyl groups is 1. The van der Waals surface area contributed by atoms with Crippen LogP contribution in [0.25, 0.3) is 0 Å². The summed E-state index contributed by atoms with van der Waals surface area (Å²) in [6.45, 7) is -0.124. The molecule has 0 atom stereocenters. The van der Waals surface area contributed by atoms with Gasteiger partial charge in [-0.25, -0.2) is 0 Å². The molecule has 0 saturated heterocycles. The van der Waals surface area contributed by atoms with E-state index >= 15 is 0 Å². The second kappa shape index (κ2) is 7.78. The molecule has 1 aromatic heterocycles. The molecule has 1 heterocycles. The third-order valence-corrected chi connectivity index (χ3v) is 4.41. The van der Waals surface area contributed by atoms with E-state index in [4.69, 9.17) is 9.84 Å². The fourth-order valence-electron chi connectivity index (χ4n) is 2.58. The number of aromatic nitrogens is 1. The first-order valence-corrected chi connectivity index (χ1v) is 8.22. The highest BCUT2D eigenvalue weighted by Gasteiger charge is 2.24. The van der Waals surface area contributed by atoms with Gasteiger partial charge in [0.05, 0.1) is 17.2 Å². The summed E-state index contributed by atoms with van der Waals surface area (Å²) < 4.78 is 8.16. The summed E-state index contributed by atoms with van der Waals surface area (Å²) in [7, 11) is 1.69. The first kappa shape index (κ1) is 17.0. The quantitative estimate of drug-likeness (QED) is 0.816. The van der Waals surface area contributed by atoms with E-state index in [0.717, 1.165) is 30.2 Å². The average molecular weight is 373 g/mol. The molecule has 1 amide bonds. The third-order valence-electron chi connectivity index (χ3n) is 3.82. The lowest BCUT2D eigenvalue weighted by molar-refractivity contribution is -0.122. The van der Waals surface area contributed by atoms with E-state index in [1.807, 2.05) is 0 Å². The van der Waals surface area contributed by atoms with Crippen molar-refractivity contribution in [2.75, 3.05) is 6.61 Å². The predicted molar refractivity (Wildman–Crippen MR) is 85.9 cm³/mol. The van der Waals surface area contributed by atoms with Gasteiger partial charge in [0.1, 0.15) is 5.75 Å². The fraction of sp³-hybridized carbons (Fsp3) is 0.600. The van der Waals surface area contributed by atoms with E-state index in [9.17, 15) is 9.59 Å². The molecule has 2 rings (SSSR count). The fourth-order valence-corrected chi connectivity index (χ4v) is 3.09. The van der Waals surface area contributed by atoms with E-state index in [0.29, 0.717) is 5.75 Å². The van der Waals surface area contributed by atoms with Gasteiger partial charge in [-0.15, -0.1) is 0 Å². The molecule has 22 heavy (non-hydrogen) atoms. The van der Waals surface area contributed by atoms with Gasteiger partial charge in [0.15, 0.2) is 0 Å². The number of aryl methyl sites for hydroxylation is 1. The minimum absolute atomic E-state index is 0.0504. The highest BCUT2D eigenvalue weighted by atomic mass is 79.9. The first-order chi connectivity index (χ1) is 10.5. The SMILES string of the molecule is Cn1cc(Br)c(O[C@H]2CC[C@H](NC(=O)CCO)CC2)cc1=O. The molecule has 122 valence electrons. The number of carbonyl (C=O) groups is 1. The number of hydrogen-bond donors (Lipinski definition) is 2. The number of nitrogens with one attached hydrogen (secondary N) is 1. The van der Waals surface area contributed by atoms with Gasteiger partial charge in [-0.3, -0.25) is 9.59 Å². The number of carbonyl (C=O) groups excluding carboxylic acids is 1. The molecule has 0 aromatic carbocycles. The maximum absolute atomic E-state index is 11.7. The number of pyridine rings is 1. The molecule has 0 bridgehead atoms. The number of halogens is 1. The summed E-state index contributed by atoms with van der Waals surface area (Å²) in [5, 5.41) is 11.6.